The molecule has 0 aliphatic heterocycles. The highest BCUT2D eigenvalue weighted by atomic mass is 19.4. The smallest absolute Gasteiger partial charge is 0.421 e. The van der Waals surface area contributed by atoms with Crippen molar-refractivity contribution in [1.29, 1.82) is 0 Å². The van der Waals surface area contributed by atoms with E-state index < -0.39 is 11.7 Å². The van der Waals surface area contributed by atoms with Gasteiger partial charge in [0.15, 0.2) is 5.82 Å². The van der Waals surface area contributed by atoms with E-state index in [4.69, 9.17) is 4.74 Å². The second kappa shape index (κ2) is 8.59. The lowest BCUT2D eigenvalue weighted by molar-refractivity contribution is -0.137. The van der Waals surface area contributed by atoms with Crippen molar-refractivity contribution in [2.45, 2.75) is 58.7 Å². The minimum atomic E-state index is -4.56. The molecule has 0 amide bonds. The van der Waals surface area contributed by atoms with Gasteiger partial charge in [0.25, 0.3) is 0 Å². The Kier molecular flexibility index (Phi) is 6.68. The van der Waals surface area contributed by atoms with E-state index in [0.29, 0.717) is 18.0 Å². The van der Waals surface area contributed by atoms with E-state index in [0.717, 1.165) is 18.2 Å². The molecule has 2 rings (SSSR count). The van der Waals surface area contributed by atoms with E-state index in [1.54, 1.807) is 13.1 Å². The lowest BCUT2D eigenvalue weighted by Gasteiger charge is -2.24. The number of alkyl halides is 3. The SMILES string of the molecule is CCC(C)Oc1ncc(C(F)(F)F)c(N(C)c2cccc(C(C)CC)c2)n1. The molecule has 4 nitrogen and oxygen atoms in total. The normalized spacial score (nSPS) is 13.9. The third-order valence-electron chi connectivity index (χ3n) is 4.69. The molecule has 0 radical (unpaired) electrons. The Balaban J connectivity index is 2.48. The summed E-state index contributed by atoms with van der Waals surface area (Å²) in [7, 11) is 1.57. The van der Waals surface area contributed by atoms with Crippen molar-refractivity contribution >= 4 is 11.5 Å². The number of halogens is 3. The zero-order valence-electron chi connectivity index (χ0n) is 16.3. The zero-order valence-corrected chi connectivity index (χ0v) is 16.3. The maximum absolute atomic E-state index is 13.5. The number of nitrogens with zero attached hydrogens (tertiary/aromatic N) is 3. The van der Waals surface area contributed by atoms with Crippen molar-refractivity contribution < 1.29 is 17.9 Å². The molecule has 1 aromatic heterocycles. The second-order valence-corrected chi connectivity index (χ2v) is 6.69. The van der Waals surface area contributed by atoms with Crippen molar-refractivity contribution in [3.63, 3.8) is 0 Å². The average Bonchev–Trinajstić information content (AvgIpc) is 2.65. The number of benzene rings is 1. The first-order valence-electron chi connectivity index (χ1n) is 9.11. The van der Waals surface area contributed by atoms with E-state index in [1.165, 1.54) is 4.90 Å². The summed E-state index contributed by atoms with van der Waals surface area (Å²) in [5.41, 5.74) is 0.808. The van der Waals surface area contributed by atoms with E-state index in [-0.39, 0.29) is 17.9 Å². The molecule has 0 spiro atoms. The molecule has 0 aliphatic rings. The molecule has 1 heterocycles. The summed E-state index contributed by atoms with van der Waals surface area (Å²) in [6, 6.07) is 7.43. The summed E-state index contributed by atoms with van der Waals surface area (Å²) in [6.45, 7) is 7.90. The Morgan fingerprint density at radius 1 is 1.15 bits per heavy atom. The molecule has 148 valence electrons. The molecule has 7 heteroatoms. The summed E-state index contributed by atoms with van der Waals surface area (Å²) in [5.74, 6) is 0.0900. The van der Waals surface area contributed by atoms with E-state index in [2.05, 4.69) is 23.8 Å². The van der Waals surface area contributed by atoms with Gasteiger partial charge in [0, 0.05) is 18.9 Å². The molecular weight excluding hydrogens is 355 g/mol. The Labute approximate surface area is 158 Å². The largest absolute Gasteiger partial charge is 0.460 e. The highest BCUT2D eigenvalue weighted by molar-refractivity contribution is 5.63. The fraction of sp³-hybridized carbons (Fsp3) is 0.500. The van der Waals surface area contributed by atoms with Gasteiger partial charge in [0.2, 0.25) is 0 Å². The average molecular weight is 381 g/mol. The molecule has 2 unspecified atom stereocenters. The van der Waals surface area contributed by atoms with E-state index in [9.17, 15) is 13.2 Å². The van der Waals surface area contributed by atoms with Gasteiger partial charge in [-0.3, -0.25) is 0 Å². The first-order chi connectivity index (χ1) is 12.7. The predicted molar refractivity (Wildman–Crippen MR) is 101 cm³/mol. The standard InChI is InChI=1S/C20H26F3N3O/c1-6-13(3)15-9-8-10-16(11-15)26(5)18-17(20(21,22)23)12-24-19(25-18)27-14(4)7-2/h8-14H,6-7H2,1-5H3. The molecule has 2 atom stereocenters. The summed E-state index contributed by atoms with van der Waals surface area (Å²) >= 11 is 0. The molecule has 0 aliphatic carbocycles. The minimum Gasteiger partial charge on any atom is -0.460 e. The van der Waals surface area contributed by atoms with Crippen LogP contribution in [0.15, 0.2) is 30.5 Å². The first kappa shape index (κ1) is 21.0. The Hall–Kier alpha value is -2.31. The number of rotatable bonds is 7. The first-order valence-corrected chi connectivity index (χ1v) is 9.11. The van der Waals surface area contributed by atoms with Crippen LogP contribution in [0.2, 0.25) is 0 Å². The van der Waals surface area contributed by atoms with Crippen LogP contribution in [0.4, 0.5) is 24.7 Å². The third-order valence-corrected chi connectivity index (χ3v) is 4.69. The van der Waals surface area contributed by atoms with Gasteiger partial charge in [0.1, 0.15) is 5.56 Å². The number of hydrogen-bond acceptors (Lipinski definition) is 4. The van der Waals surface area contributed by atoms with Crippen molar-refractivity contribution in [2.24, 2.45) is 0 Å². The van der Waals surface area contributed by atoms with Crippen molar-refractivity contribution in [3.8, 4) is 6.01 Å². The van der Waals surface area contributed by atoms with Crippen LogP contribution in [0.25, 0.3) is 0 Å². The Morgan fingerprint density at radius 2 is 1.85 bits per heavy atom. The fourth-order valence-corrected chi connectivity index (χ4v) is 2.53. The monoisotopic (exact) mass is 381 g/mol. The Morgan fingerprint density at radius 3 is 2.44 bits per heavy atom. The quantitative estimate of drug-likeness (QED) is 0.594. The molecule has 0 bridgehead atoms. The summed E-state index contributed by atoms with van der Waals surface area (Å²) in [6.07, 6.45) is -2.32. The van der Waals surface area contributed by atoms with Crippen LogP contribution in [-0.2, 0) is 6.18 Å². The molecule has 27 heavy (non-hydrogen) atoms. The van der Waals surface area contributed by atoms with Gasteiger partial charge >= 0.3 is 12.2 Å². The summed E-state index contributed by atoms with van der Waals surface area (Å²) < 4.78 is 46.0. The third kappa shape index (κ3) is 5.11. The van der Waals surface area contributed by atoms with Crippen molar-refractivity contribution in [3.05, 3.63) is 41.6 Å². The fourth-order valence-electron chi connectivity index (χ4n) is 2.53. The van der Waals surface area contributed by atoms with E-state index in [1.807, 2.05) is 32.0 Å². The maximum Gasteiger partial charge on any atom is 0.421 e. The molecule has 2 aromatic rings. The summed E-state index contributed by atoms with van der Waals surface area (Å²) in [5, 5.41) is 0. The molecule has 0 fully saturated rings. The van der Waals surface area contributed by atoms with Gasteiger partial charge in [-0.15, -0.1) is 0 Å². The Bertz CT molecular complexity index is 764. The number of hydrogen-bond donors (Lipinski definition) is 0. The predicted octanol–water partition coefficient (Wildman–Crippen LogP) is 5.95. The van der Waals surface area contributed by atoms with Gasteiger partial charge in [-0.05, 0) is 43.4 Å². The van der Waals surface area contributed by atoms with Crippen molar-refractivity contribution in [1.82, 2.24) is 9.97 Å². The molecular formula is C20H26F3N3O. The lowest BCUT2D eigenvalue weighted by Crippen LogP contribution is -2.20. The second-order valence-electron chi connectivity index (χ2n) is 6.69. The zero-order chi connectivity index (χ0) is 20.2. The van der Waals surface area contributed by atoms with Crippen molar-refractivity contribution in [2.75, 3.05) is 11.9 Å². The van der Waals surface area contributed by atoms with E-state index >= 15 is 0 Å². The minimum absolute atomic E-state index is 0.0581. The molecule has 1 aromatic carbocycles. The molecule has 0 saturated heterocycles. The van der Waals surface area contributed by atoms with Crippen LogP contribution in [-0.4, -0.2) is 23.1 Å². The topological polar surface area (TPSA) is 38.2 Å². The summed E-state index contributed by atoms with van der Waals surface area (Å²) in [4.78, 5) is 9.25. The van der Waals surface area contributed by atoms with Gasteiger partial charge in [-0.25, -0.2) is 4.98 Å². The van der Waals surface area contributed by atoms with Crippen LogP contribution in [0.5, 0.6) is 6.01 Å². The highest BCUT2D eigenvalue weighted by Gasteiger charge is 2.37. The van der Waals surface area contributed by atoms with Crippen LogP contribution < -0.4 is 9.64 Å². The van der Waals surface area contributed by atoms with Gasteiger partial charge in [0.05, 0.1) is 6.10 Å². The lowest BCUT2D eigenvalue weighted by atomic mass is 9.98. The molecule has 0 saturated carbocycles. The number of ether oxygens (including phenoxy) is 1. The van der Waals surface area contributed by atoms with Gasteiger partial charge in [-0.2, -0.15) is 18.2 Å². The van der Waals surface area contributed by atoms with Crippen LogP contribution in [0, 0.1) is 0 Å². The van der Waals surface area contributed by atoms with Crippen LogP contribution in [0.1, 0.15) is 57.6 Å². The highest BCUT2D eigenvalue weighted by Crippen LogP contribution is 2.38. The number of anilines is 2. The van der Waals surface area contributed by atoms with Gasteiger partial charge in [-0.1, -0.05) is 32.9 Å². The van der Waals surface area contributed by atoms with Crippen LogP contribution >= 0.6 is 0 Å². The maximum atomic E-state index is 13.5. The van der Waals surface area contributed by atoms with Crippen LogP contribution in [0.3, 0.4) is 0 Å². The molecule has 0 N–H and O–H groups in total. The number of aromatic nitrogens is 2. The van der Waals surface area contributed by atoms with Gasteiger partial charge < -0.3 is 9.64 Å².